The van der Waals surface area contributed by atoms with E-state index < -0.39 is 5.82 Å². The molecule has 0 spiro atoms. The quantitative estimate of drug-likeness (QED) is 0.866. The summed E-state index contributed by atoms with van der Waals surface area (Å²) in [7, 11) is 0. The number of piperidine rings is 1. The minimum atomic E-state index is -0.544. The average Bonchev–Trinajstić information content (AvgIpc) is 2.34. The lowest BCUT2D eigenvalue weighted by atomic mass is 9.91. The molecule has 0 amide bonds. The van der Waals surface area contributed by atoms with Crippen LogP contribution in [-0.4, -0.2) is 29.1 Å². The Balaban J connectivity index is 1.89. The van der Waals surface area contributed by atoms with Gasteiger partial charge in [-0.05, 0) is 56.5 Å². The zero-order valence-corrected chi connectivity index (χ0v) is 10.8. The van der Waals surface area contributed by atoms with Gasteiger partial charge >= 0.3 is 0 Å². The summed E-state index contributed by atoms with van der Waals surface area (Å²) in [5, 5.41) is 9.14. The lowest BCUT2D eigenvalue weighted by Gasteiger charge is -2.33. The Morgan fingerprint density at radius 1 is 1.44 bits per heavy atom. The molecule has 0 saturated carbocycles. The van der Waals surface area contributed by atoms with Gasteiger partial charge in [-0.2, -0.15) is 0 Å². The van der Waals surface area contributed by atoms with Gasteiger partial charge in [0.15, 0.2) is 11.6 Å². The molecule has 1 fully saturated rings. The van der Waals surface area contributed by atoms with Crippen LogP contribution in [0.2, 0.25) is 0 Å². The summed E-state index contributed by atoms with van der Waals surface area (Å²) in [6.07, 6.45) is 2.22. The van der Waals surface area contributed by atoms with Crippen molar-refractivity contribution in [1.82, 2.24) is 4.90 Å². The molecule has 0 aromatic heterocycles. The Hall–Kier alpha value is -1.13. The first-order valence-corrected chi connectivity index (χ1v) is 6.51. The number of nitrogens with zero attached hydrogens (tertiary/aromatic N) is 1. The third-order valence-electron chi connectivity index (χ3n) is 3.79. The second-order valence-corrected chi connectivity index (χ2v) is 5.26. The number of nitrogens with two attached hydrogens (primary N) is 1. The van der Waals surface area contributed by atoms with E-state index in [2.05, 4.69) is 11.8 Å². The van der Waals surface area contributed by atoms with Crippen LogP contribution in [-0.2, 0) is 6.54 Å². The third kappa shape index (κ3) is 3.21. The van der Waals surface area contributed by atoms with Crippen molar-refractivity contribution < 1.29 is 9.50 Å². The highest BCUT2D eigenvalue weighted by Crippen LogP contribution is 2.22. The first kappa shape index (κ1) is 13.3. The summed E-state index contributed by atoms with van der Waals surface area (Å²) in [4.78, 5) is 2.31. The van der Waals surface area contributed by atoms with E-state index in [0.717, 1.165) is 38.0 Å². The van der Waals surface area contributed by atoms with Crippen LogP contribution in [0.3, 0.4) is 0 Å². The van der Waals surface area contributed by atoms with Gasteiger partial charge in [0.05, 0.1) is 0 Å². The van der Waals surface area contributed by atoms with E-state index in [0.29, 0.717) is 5.92 Å². The first-order chi connectivity index (χ1) is 8.56. The van der Waals surface area contributed by atoms with Crippen molar-refractivity contribution >= 4 is 0 Å². The van der Waals surface area contributed by atoms with Crippen LogP contribution in [0.1, 0.15) is 25.3 Å². The number of phenolic OH excluding ortho intramolecular Hbond substituents is 1. The van der Waals surface area contributed by atoms with Crippen molar-refractivity contribution in [3.05, 3.63) is 29.6 Å². The molecule has 3 N–H and O–H groups in total. The minimum Gasteiger partial charge on any atom is -0.505 e. The molecule has 1 saturated heterocycles. The molecule has 2 rings (SSSR count). The van der Waals surface area contributed by atoms with Crippen LogP contribution in [0.4, 0.5) is 4.39 Å². The topological polar surface area (TPSA) is 49.5 Å². The largest absolute Gasteiger partial charge is 0.505 e. The highest BCUT2D eigenvalue weighted by molar-refractivity contribution is 5.27. The number of likely N-dealkylation sites (tertiary alicyclic amines) is 1. The van der Waals surface area contributed by atoms with Crippen molar-refractivity contribution in [2.24, 2.45) is 11.7 Å². The zero-order chi connectivity index (χ0) is 13.1. The van der Waals surface area contributed by atoms with Gasteiger partial charge in [-0.1, -0.05) is 6.07 Å². The number of benzene rings is 1. The van der Waals surface area contributed by atoms with Crippen LogP contribution in [0.15, 0.2) is 18.2 Å². The molecule has 100 valence electrons. The molecule has 1 heterocycles. The summed E-state index contributed by atoms with van der Waals surface area (Å²) in [5.74, 6) is -0.217. The Labute approximate surface area is 107 Å². The fourth-order valence-corrected chi connectivity index (χ4v) is 2.54. The van der Waals surface area contributed by atoms with Gasteiger partial charge in [-0.3, -0.25) is 4.90 Å². The van der Waals surface area contributed by atoms with Crippen molar-refractivity contribution in [3.63, 3.8) is 0 Å². The van der Waals surface area contributed by atoms with Crippen molar-refractivity contribution in [2.75, 3.05) is 13.1 Å². The third-order valence-corrected chi connectivity index (χ3v) is 3.79. The monoisotopic (exact) mass is 252 g/mol. The van der Waals surface area contributed by atoms with Crippen LogP contribution in [0, 0.1) is 11.7 Å². The molecule has 1 aliphatic rings. The molecule has 4 heteroatoms. The Bertz CT molecular complexity index is 401. The fourth-order valence-electron chi connectivity index (χ4n) is 2.54. The number of hydrogen-bond acceptors (Lipinski definition) is 3. The standard InChI is InChI=1S/C14H21FN2O/c1-10(16)12-4-6-17(7-5-12)9-11-2-3-14(18)13(15)8-11/h2-3,8,10,12,18H,4-7,9,16H2,1H3. The predicted molar refractivity (Wildman–Crippen MR) is 69.7 cm³/mol. The Morgan fingerprint density at radius 3 is 2.67 bits per heavy atom. The molecule has 0 radical (unpaired) electrons. The fraction of sp³-hybridized carbons (Fsp3) is 0.571. The van der Waals surface area contributed by atoms with Gasteiger partial charge in [0.2, 0.25) is 0 Å². The normalized spacial score (nSPS) is 19.9. The van der Waals surface area contributed by atoms with E-state index in [9.17, 15) is 4.39 Å². The lowest BCUT2D eigenvalue weighted by molar-refractivity contribution is 0.165. The SMILES string of the molecule is CC(N)C1CCN(Cc2ccc(O)c(F)c2)CC1. The summed E-state index contributed by atoms with van der Waals surface area (Å²) in [5.41, 5.74) is 6.81. The van der Waals surface area contributed by atoms with E-state index >= 15 is 0 Å². The maximum Gasteiger partial charge on any atom is 0.165 e. The van der Waals surface area contributed by atoms with Gasteiger partial charge in [0.1, 0.15) is 0 Å². The Kier molecular flexibility index (Phi) is 4.19. The molecule has 0 aliphatic carbocycles. The van der Waals surface area contributed by atoms with Crippen molar-refractivity contribution in [1.29, 1.82) is 0 Å². The molecule has 0 bridgehead atoms. The van der Waals surface area contributed by atoms with Gasteiger partial charge in [0.25, 0.3) is 0 Å². The Morgan fingerprint density at radius 2 is 2.11 bits per heavy atom. The summed E-state index contributed by atoms with van der Waals surface area (Å²) in [6.45, 7) is 4.82. The van der Waals surface area contributed by atoms with Crippen LogP contribution < -0.4 is 5.73 Å². The zero-order valence-electron chi connectivity index (χ0n) is 10.8. The molecule has 1 aromatic rings. The second kappa shape index (κ2) is 5.67. The van der Waals surface area contributed by atoms with Crippen LogP contribution in [0.25, 0.3) is 0 Å². The molecule has 1 aromatic carbocycles. The van der Waals surface area contributed by atoms with Crippen molar-refractivity contribution in [3.8, 4) is 5.75 Å². The number of aromatic hydroxyl groups is 1. The average molecular weight is 252 g/mol. The highest BCUT2D eigenvalue weighted by Gasteiger charge is 2.21. The molecule has 1 atom stereocenters. The predicted octanol–water partition coefficient (Wildman–Crippen LogP) is 2.09. The molecular weight excluding hydrogens is 231 g/mol. The van der Waals surface area contributed by atoms with E-state index in [-0.39, 0.29) is 11.8 Å². The van der Waals surface area contributed by atoms with E-state index in [1.807, 2.05) is 0 Å². The van der Waals surface area contributed by atoms with Crippen LogP contribution in [0.5, 0.6) is 5.75 Å². The number of halogens is 1. The number of hydrogen-bond donors (Lipinski definition) is 2. The van der Waals surface area contributed by atoms with Gasteiger partial charge < -0.3 is 10.8 Å². The molecule has 18 heavy (non-hydrogen) atoms. The maximum absolute atomic E-state index is 13.2. The van der Waals surface area contributed by atoms with E-state index in [1.165, 1.54) is 12.1 Å². The minimum absolute atomic E-state index is 0.262. The first-order valence-electron chi connectivity index (χ1n) is 6.51. The summed E-state index contributed by atoms with van der Waals surface area (Å²) in [6, 6.07) is 4.86. The van der Waals surface area contributed by atoms with Gasteiger partial charge in [-0.25, -0.2) is 4.39 Å². The molecule has 3 nitrogen and oxygen atoms in total. The summed E-state index contributed by atoms with van der Waals surface area (Å²) < 4.78 is 13.2. The number of rotatable bonds is 3. The molecular formula is C14H21FN2O. The van der Waals surface area contributed by atoms with E-state index in [1.54, 1.807) is 6.07 Å². The maximum atomic E-state index is 13.2. The molecule has 1 aliphatic heterocycles. The van der Waals surface area contributed by atoms with Crippen LogP contribution >= 0.6 is 0 Å². The smallest absolute Gasteiger partial charge is 0.165 e. The highest BCUT2D eigenvalue weighted by atomic mass is 19.1. The van der Waals surface area contributed by atoms with Gasteiger partial charge in [0, 0.05) is 12.6 Å². The summed E-state index contributed by atoms with van der Waals surface area (Å²) >= 11 is 0. The van der Waals surface area contributed by atoms with Gasteiger partial charge in [-0.15, -0.1) is 0 Å². The van der Waals surface area contributed by atoms with E-state index in [4.69, 9.17) is 10.8 Å². The van der Waals surface area contributed by atoms with Crippen molar-refractivity contribution in [2.45, 2.75) is 32.4 Å². The lowest BCUT2D eigenvalue weighted by Crippen LogP contribution is -2.39. The number of phenols is 1. The molecule has 1 unspecified atom stereocenters. The second-order valence-electron chi connectivity index (χ2n) is 5.26.